The van der Waals surface area contributed by atoms with E-state index in [4.69, 9.17) is 11.5 Å². The maximum atomic E-state index is 7.12. The fourth-order valence-electron chi connectivity index (χ4n) is 9.83. The van der Waals surface area contributed by atoms with Crippen molar-refractivity contribution < 1.29 is 0 Å². The predicted molar refractivity (Wildman–Crippen MR) is 97.2 cm³/mol. The standard InChI is InChI=1S/C22H36N2/c23-19-6-15-4-16-10-20(9-15,11-17(16)7-19)21-8-14-2-1-3-22(24,13-21)18(5-14)12-21/h14-19H,1-13,23-24H2. The Labute approximate surface area is 147 Å². The zero-order valence-electron chi connectivity index (χ0n) is 15.3. The molecule has 6 aliphatic carbocycles. The van der Waals surface area contributed by atoms with E-state index < -0.39 is 0 Å². The maximum Gasteiger partial charge on any atom is 0.0188 e. The molecule has 6 fully saturated rings. The second kappa shape index (κ2) is 4.60. The third-order valence-electron chi connectivity index (χ3n) is 10.3. The number of rotatable bonds is 1. The average Bonchev–Trinajstić information content (AvgIpc) is 2.79. The highest BCUT2D eigenvalue weighted by Gasteiger charge is 2.68. The Morgan fingerprint density at radius 2 is 1.54 bits per heavy atom. The van der Waals surface area contributed by atoms with Crippen molar-refractivity contribution in [2.75, 3.05) is 0 Å². The van der Waals surface area contributed by atoms with Crippen LogP contribution in [-0.4, -0.2) is 11.6 Å². The third-order valence-corrected chi connectivity index (χ3v) is 10.3. The van der Waals surface area contributed by atoms with Gasteiger partial charge in [0, 0.05) is 11.6 Å². The van der Waals surface area contributed by atoms with Crippen LogP contribution in [0.5, 0.6) is 0 Å². The monoisotopic (exact) mass is 328 g/mol. The van der Waals surface area contributed by atoms with Crippen molar-refractivity contribution in [3.8, 4) is 0 Å². The van der Waals surface area contributed by atoms with E-state index in [2.05, 4.69) is 0 Å². The molecule has 0 radical (unpaired) electrons. The predicted octanol–water partition coefficient (Wildman–Crippen LogP) is 4.22. The third kappa shape index (κ3) is 1.80. The van der Waals surface area contributed by atoms with Gasteiger partial charge in [-0.25, -0.2) is 0 Å². The first kappa shape index (κ1) is 15.0. The minimum atomic E-state index is 0.209. The molecule has 24 heavy (non-hydrogen) atoms. The van der Waals surface area contributed by atoms with Crippen LogP contribution >= 0.6 is 0 Å². The van der Waals surface area contributed by atoms with Crippen LogP contribution < -0.4 is 11.5 Å². The van der Waals surface area contributed by atoms with Crippen molar-refractivity contribution in [2.45, 2.75) is 95.1 Å². The molecule has 9 unspecified atom stereocenters. The Kier molecular flexibility index (Phi) is 2.88. The largest absolute Gasteiger partial charge is 0.328 e. The van der Waals surface area contributed by atoms with Crippen molar-refractivity contribution in [1.82, 2.24) is 0 Å². The number of nitrogens with two attached hydrogens (primary N) is 2. The summed E-state index contributed by atoms with van der Waals surface area (Å²) >= 11 is 0. The van der Waals surface area contributed by atoms with Crippen molar-refractivity contribution in [3.63, 3.8) is 0 Å². The molecule has 0 saturated heterocycles. The smallest absolute Gasteiger partial charge is 0.0188 e. The van der Waals surface area contributed by atoms with E-state index in [0.717, 1.165) is 29.6 Å². The molecule has 0 aliphatic heterocycles. The van der Waals surface area contributed by atoms with Crippen molar-refractivity contribution >= 4 is 0 Å². The molecule has 6 saturated carbocycles. The van der Waals surface area contributed by atoms with Crippen LogP contribution in [-0.2, 0) is 0 Å². The quantitative estimate of drug-likeness (QED) is 0.757. The second-order valence-electron chi connectivity index (χ2n) is 11.5. The first-order valence-electron chi connectivity index (χ1n) is 11.0. The Morgan fingerprint density at radius 1 is 0.750 bits per heavy atom. The highest BCUT2D eigenvalue weighted by Crippen LogP contribution is 2.75. The van der Waals surface area contributed by atoms with Crippen molar-refractivity contribution in [2.24, 2.45) is 51.9 Å². The van der Waals surface area contributed by atoms with Gasteiger partial charge in [0.05, 0.1) is 0 Å². The van der Waals surface area contributed by atoms with Gasteiger partial charge >= 0.3 is 0 Å². The van der Waals surface area contributed by atoms with Gasteiger partial charge in [-0.2, -0.15) is 0 Å². The zero-order valence-corrected chi connectivity index (χ0v) is 15.3. The molecule has 4 N–H and O–H groups in total. The summed E-state index contributed by atoms with van der Waals surface area (Å²) in [5.74, 6) is 4.78. The molecule has 0 heterocycles. The van der Waals surface area contributed by atoms with Gasteiger partial charge in [0.15, 0.2) is 0 Å². The van der Waals surface area contributed by atoms with E-state index in [9.17, 15) is 0 Å². The topological polar surface area (TPSA) is 52.0 Å². The molecular weight excluding hydrogens is 292 g/mol. The molecule has 134 valence electrons. The number of fused-ring (bicyclic) bond motifs is 5. The lowest BCUT2D eigenvalue weighted by Crippen LogP contribution is -2.47. The average molecular weight is 329 g/mol. The molecule has 6 aliphatic rings. The summed E-state index contributed by atoms with van der Waals surface area (Å²) in [6.07, 6.45) is 18.9. The van der Waals surface area contributed by atoms with E-state index in [1.165, 1.54) is 70.6 Å². The van der Waals surface area contributed by atoms with Gasteiger partial charge in [-0.15, -0.1) is 0 Å². The Bertz CT molecular complexity index is 552. The van der Waals surface area contributed by atoms with Crippen LogP contribution in [0.3, 0.4) is 0 Å². The van der Waals surface area contributed by atoms with Gasteiger partial charge in [0.1, 0.15) is 0 Å². The molecule has 9 atom stereocenters. The van der Waals surface area contributed by atoms with E-state index in [0.29, 0.717) is 16.9 Å². The van der Waals surface area contributed by atoms with Gasteiger partial charge in [0.2, 0.25) is 0 Å². The minimum Gasteiger partial charge on any atom is -0.328 e. The van der Waals surface area contributed by atoms with E-state index >= 15 is 0 Å². The SMILES string of the molecule is NC1CC2CC3CC(C45CC6CCCC(N)(C4)C(C6)C5)(C2)CC3C1. The summed E-state index contributed by atoms with van der Waals surface area (Å²) in [7, 11) is 0. The highest BCUT2D eigenvalue weighted by molar-refractivity contribution is 5.20. The van der Waals surface area contributed by atoms with Gasteiger partial charge in [-0.3, -0.25) is 0 Å². The summed E-state index contributed by atoms with van der Waals surface area (Å²) < 4.78 is 0. The minimum absolute atomic E-state index is 0.209. The van der Waals surface area contributed by atoms with Crippen LogP contribution in [0.2, 0.25) is 0 Å². The van der Waals surface area contributed by atoms with E-state index in [1.54, 1.807) is 12.8 Å². The normalized spacial score (nSPS) is 64.2. The molecule has 6 rings (SSSR count). The Hall–Kier alpha value is -0.0800. The van der Waals surface area contributed by atoms with Crippen molar-refractivity contribution in [1.29, 1.82) is 0 Å². The molecule has 0 amide bonds. The number of hydrogen-bond donors (Lipinski definition) is 2. The fraction of sp³-hybridized carbons (Fsp3) is 1.00. The maximum absolute atomic E-state index is 7.12. The summed E-state index contributed by atoms with van der Waals surface area (Å²) in [5.41, 5.74) is 15.1. The molecule has 2 heteroatoms. The fourth-order valence-corrected chi connectivity index (χ4v) is 9.83. The molecule has 0 aromatic heterocycles. The van der Waals surface area contributed by atoms with E-state index in [1.807, 2.05) is 0 Å². The summed E-state index contributed by atoms with van der Waals surface area (Å²) in [6, 6.07) is 0.501. The molecule has 0 aromatic carbocycles. The lowest BCUT2D eigenvalue weighted by Gasteiger charge is -2.55. The molecular formula is C22H36N2. The lowest BCUT2D eigenvalue weighted by atomic mass is 9.50. The molecule has 2 nitrogen and oxygen atoms in total. The Morgan fingerprint density at radius 3 is 2.42 bits per heavy atom. The summed E-state index contributed by atoms with van der Waals surface area (Å²) in [4.78, 5) is 0. The van der Waals surface area contributed by atoms with Crippen LogP contribution in [0.15, 0.2) is 0 Å². The van der Waals surface area contributed by atoms with Gasteiger partial charge in [0.25, 0.3) is 0 Å². The van der Waals surface area contributed by atoms with Gasteiger partial charge < -0.3 is 11.5 Å². The first-order valence-corrected chi connectivity index (χ1v) is 11.0. The van der Waals surface area contributed by atoms with Crippen LogP contribution in [0, 0.1) is 40.4 Å². The molecule has 6 bridgehead atoms. The highest BCUT2D eigenvalue weighted by atomic mass is 14.9. The van der Waals surface area contributed by atoms with Crippen LogP contribution in [0.4, 0.5) is 0 Å². The Balaban J connectivity index is 1.41. The summed E-state index contributed by atoms with van der Waals surface area (Å²) in [6.45, 7) is 0. The molecule has 0 aromatic rings. The summed E-state index contributed by atoms with van der Waals surface area (Å²) in [5, 5.41) is 0. The second-order valence-corrected chi connectivity index (χ2v) is 11.5. The number of hydrogen-bond acceptors (Lipinski definition) is 2. The van der Waals surface area contributed by atoms with Gasteiger partial charge in [-0.05, 0) is 111 Å². The zero-order chi connectivity index (χ0) is 16.2. The lowest BCUT2D eigenvalue weighted by molar-refractivity contribution is -0.0485. The van der Waals surface area contributed by atoms with Crippen molar-refractivity contribution in [3.05, 3.63) is 0 Å². The van der Waals surface area contributed by atoms with E-state index in [-0.39, 0.29) is 5.54 Å². The van der Waals surface area contributed by atoms with Gasteiger partial charge in [-0.1, -0.05) is 12.8 Å². The van der Waals surface area contributed by atoms with Crippen LogP contribution in [0.1, 0.15) is 83.5 Å². The van der Waals surface area contributed by atoms with Crippen LogP contribution in [0.25, 0.3) is 0 Å². The molecule has 0 spiro atoms. The first-order chi connectivity index (χ1) is 11.5.